The van der Waals surface area contributed by atoms with Crippen LogP contribution in [0.4, 0.5) is 0 Å². The van der Waals surface area contributed by atoms with Crippen molar-refractivity contribution in [2.45, 2.75) is 302 Å². The molecule has 11 rings (SSSR count). The lowest BCUT2D eigenvalue weighted by Crippen LogP contribution is -2.71. The lowest BCUT2D eigenvalue weighted by molar-refractivity contribution is -0.361. The maximum absolute atomic E-state index is 11.6. The van der Waals surface area contributed by atoms with Gasteiger partial charge in [0.15, 0.2) is 0 Å². The number of hydrogen-bond donors (Lipinski definition) is 3. The van der Waals surface area contributed by atoms with Gasteiger partial charge < -0.3 is 67.4 Å². The van der Waals surface area contributed by atoms with Gasteiger partial charge in [0.25, 0.3) is 0 Å². The van der Waals surface area contributed by atoms with Crippen LogP contribution in [0.5, 0.6) is 0 Å². The van der Waals surface area contributed by atoms with Gasteiger partial charge in [0.05, 0.1) is 132 Å². The smallest absolute Gasteiger partial charge is 0.118 e. The maximum atomic E-state index is 11.6. The molecule has 14 heteroatoms. The van der Waals surface area contributed by atoms with Crippen LogP contribution in [0, 0.1) is 24.9 Å². The fourth-order valence-corrected chi connectivity index (χ4v) is 15.2. The van der Waals surface area contributed by atoms with E-state index in [0.717, 1.165) is 38.5 Å². The fourth-order valence-electron chi connectivity index (χ4n) is 15.2. The summed E-state index contributed by atoms with van der Waals surface area (Å²) in [5.74, 6) is 0.617. The highest BCUT2D eigenvalue weighted by Gasteiger charge is 2.66. The van der Waals surface area contributed by atoms with Gasteiger partial charge in [0.2, 0.25) is 0 Å². The summed E-state index contributed by atoms with van der Waals surface area (Å²) < 4.78 is 76.5. The molecule has 0 aromatic carbocycles. The summed E-state index contributed by atoms with van der Waals surface area (Å²) in [6, 6.07) is 0. The van der Waals surface area contributed by atoms with E-state index < -0.39 is 58.0 Å². The topological polar surface area (TPSA) is 162 Å². The van der Waals surface area contributed by atoms with E-state index in [1.54, 1.807) is 6.61 Å². The molecule has 11 heterocycles. The number of rotatable bonds is 8. The lowest BCUT2D eigenvalue weighted by Gasteiger charge is -2.60. The number of fused-ring (bicyclic) bond motifs is 9. The Morgan fingerprint density at radius 1 is 0.614 bits per heavy atom. The molecule has 10 fully saturated rings. The van der Waals surface area contributed by atoms with E-state index in [1.165, 1.54) is 0 Å². The van der Waals surface area contributed by atoms with Crippen molar-refractivity contribution in [1.82, 2.24) is 0 Å². The van der Waals surface area contributed by atoms with Gasteiger partial charge >= 0.3 is 0 Å². The van der Waals surface area contributed by atoms with Crippen LogP contribution in [-0.2, 0) is 52.1 Å². The highest BCUT2D eigenvalue weighted by atomic mass is 16.7. The van der Waals surface area contributed by atoms with Crippen LogP contribution in [0.3, 0.4) is 0 Å². The van der Waals surface area contributed by atoms with Crippen LogP contribution in [0.25, 0.3) is 0 Å². The average Bonchev–Trinajstić information content (AvgIpc) is 3.40. The number of ether oxygens (including phenoxy) is 11. The number of aliphatic hydroxyl groups excluding tert-OH is 3. The van der Waals surface area contributed by atoms with Crippen molar-refractivity contribution in [3.63, 3.8) is 0 Å². The van der Waals surface area contributed by atoms with Gasteiger partial charge in [-0.3, -0.25) is 0 Å². The molecule has 70 heavy (non-hydrogen) atoms. The largest absolute Gasteiger partial charge is 0.390 e. The Hall–Kier alpha value is -1.08. The minimum absolute atomic E-state index is 0.0925. The standard InChI is InChI=1S/C56H86O14/c1-10-14-31(2)32(3)23-33(57)50(59)37-19-18-35-38(62-37)24-39-42(61-35)28-53(6)45(65-39)25-40-36(67-53)16-13-15-34-41(63-40)29-54(7)47(64-34)27-46-52(5,69-54)21-20-51(4)49(66-46)30-55(8)48(68-51)26-43(58)56(9,70-55)44-17-11-12-22-60-44/h10,12-13,16,22,31-50,57-59H,1,11,14-15,17-21,23-30H2,2-9H3/b16-13-/t31-,32?,33+,34?,35?,36?,37-,38-,39+,40+,41-,42?,43?,44?,45-,46?,47?,48-,49?,50-,51+,52-,53?,54+,55?,56?/m0/s1. The molecule has 2 radical (unpaired) electrons. The van der Waals surface area contributed by atoms with Crippen molar-refractivity contribution in [3.8, 4) is 0 Å². The van der Waals surface area contributed by atoms with Crippen molar-refractivity contribution in [1.29, 1.82) is 0 Å². The van der Waals surface area contributed by atoms with Gasteiger partial charge in [0, 0.05) is 44.9 Å². The van der Waals surface area contributed by atoms with Gasteiger partial charge in [0.1, 0.15) is 17.8 Å². The van der Waals surface area contributed by atoms with E-state index >= 15 is 0 Å². The molecule has 0 spiro atoms. The van der Waals surface area contributed by atoms with Crippen molar-refractivity contribution in [2.75, 3.05) is 0 Å². The minimum atomic E-state index is -0.963. The molecule has 0 amide bonds. The Morgan fingerprint density at radius 2 is 1.31 bits per heavy atom. The predicted molar refractivity (Wildman–Crippen MR) is 257 cm³/mol. The zero-order valence-corrected chi connectivity index (χ0v) is 43.3. The molecular formula is C56H86O14. The third-order valence-electron chi connectivity index (χ3n) is 20.1. The first-order valence-electron chi connectivity index (χ1n) is 27.5. The van der Waals surface area contributed by atoms with Crippen LogP contribution in [0.1, 0.15) is 158 Å². The van der Waals surface area contributed by atoms with Crippen LogP contribution >= 0.6 is 0 Å². The molecule has 0 bridgehead atoms. The molecule has 26 atom stereocenters. The van der Waals surface area contributed by atoms with Gasteiger partial charge in [-0.25, -0.2) is 0 Å². The second-order valence-corrected chi connectivity index (χ2v) is 25.4. The molecule has 11 aliphatic rings. The fraction of sp³-hybridized carbons (Fsp3) is 0.893. The summed E-state index contributed by atoms with van der Waals surface area (Å²) in [4.78, 5) is 0. The van der Waals surface area contributed by atoms with Crippen molar-refractivity contribution in [3.05, 3.63) is 37.8 Å². The van der Waals surface area contributed by atoms with Crippen LogP contribution in [0.15, 0.2) is 24.8 Å². The summed E-state index contributed by atoms with van der Waals surface area (Å²) in [7, 11) is 0. The monoisotopic (exact) mass is 983 g/mol. The van der Waals surface area contributed by atoms with Crippen molar-refractivity contribution >= 4 is 0 Å². The SMILES string of the molecule is C=CC[C@H](C)C(C)C[C@@H](O)[C@H](O)[C@@H]1CCC2OC3CC4(C)OC5/C=C\CC6OC7CC8OC9CC%10(C)OC(C)(C%11CC[CH][CH]O%11)C(O)C[C@@H]%10O[C@]9(C)CC[C@]8(C)O[C@]7(C)C[C@@H]6O[C@@H]5C[C@@H]4O[C@@H]3C[C@@H]2O1. The van der Waals surface area contributed by atoms with E-state index in [0.29, 0.717) is 70.1 Å². The zero-order valence-electron chi connectivity index (χ0n) is 43.3. The van der Waals surface area contributed by atoms with Gasteiger partial charge in [-0.1, -0.05) is 32.1 Å². The molecule has 0 aromatic heterocycles. The first kappa shape index (κ1) is 51.0. The molecule has 11 aliphatic heterocycles. The highest BCUT2D eigenvalue weighted by molar-refractivity contribution is 5.16. The second kappa shape index (κ2) is 18.9. The third kappa shape index (κ3) is 9.08. The molecule has 0 aliphatic carbocycles. The molecule has 394 valence electrons. The van der Waals surface area contributed by atoms with Gasteiger partial charge in [-0.05, 0) is 118 Å². The van der Waals surface area contributed by atoms with E-state index in [1.807, 2.05) is 19.4 Å². The third-order valence-corrected chi connectivity index (χ3v) is 20.1. The van der Waals surface area contributed by atoms with E-state index in [9.17, 15) is 15.3 Å². The summed E-state index contributed by atoms with van der Waals surface area (Å²) in [6.45, 7) is 22.8. The van der Waals surface area contributed by atoms with Crippen molar-refractivity contribution in [2.24, 2.45) is 11.8 Å². The number of hydrogen-bond acceptors (Lipinski definition) is 14. The minimum Gasteiger partial charge on any atom is -0.390 e. The van der Waals surface area contributed by atoms with E-state index in [4.69, 9.17) is 52.1 Å². The summed E-state index contributed by atoms with van der Waals surface area (Å²) >= 11 is 0. The molecule has 0 saturated carbocycles. The molecule has 3 N–H and O–H groups in total. The van der Waals surface area contributed by atoms with Crippen molar-refractivity contribution < 1.29 is 67.4 Å². The molecule has 0 aromatic rings. The lowest BCUT2D eigenvalue weighted by atomic mass is 9.71. The van der Waals surface area contributed by atoms with Crippen LogP contribution in [-0.4, -0.2) is 159 Å². The molecular weight excluding hydrogens is 897 g/mol. The first-order valence-corrected chi connectivity index (χ1v) is 27.5. The Morgan fingerprint density at radius 3 is 2.10 bits per heavy atom. The second-order valence-electron chi connectivity index (χ2n) is 25.4. The quantitative estimate of drug-likeness (QED) is 0.211. The molecule has 13 unspecified atom stereocenters. The Balaban J connectivity index is 0.738. The molecule has 10 saturated heterocycles. The maximum Gasteiger partial charge on any atom is 0.118 e. The normalized spacial score (nSPS) is 55.4. The zero-order chi connectivity index (χ0) is 49.2. The predicted octanol–water partition coefficient (Wildman–Crippen LogP) is 7.10. The highest BCUT2D eigenvalue weighted by Crippen LogP contribution is 2.56. The summed E-state index contributed by atoms with van der Waals surface area (Å²) in [5, 5.41) is 34.0. The Bertz CT molecular complexity index is 1920. The van der Waals surface area contributed by atoms with Crippen LogP contribution in [0.2, 0.25) is 0 Å². The average molecular weight is 983 g/mol. The summed E-state index contributed by atoms with van der Waals surface area (Å²) in [5.41, 5.74) is -3.90. The Kier molecular flexibility index (Phi) is 13.8. The molecule has 14 nitrogen and oxygen atoms in total. The number of aliphatic hydroxyl groups is 3. The first-order chi connectivity index (χ1) is 33.2. The van der Waals surface area contributed by atoms with Gasteiger partial charge in [-0.15, -0.1) is 6.58 Å². The number of allylic oxidation sites excluding steroid dienone is 1. The van der Waals surface area contributed by atoms with Crippen LogP contribution < -0.4 is 0 Å². The van der Waals surface area contributed by atoms with E-state index in [-0.39, 0.29) is 91.4 Å². The van der Waals surface area contributed by atoms with E-state index in [2.05, 4.69) is 67.2 Å². The summed E-state index contributed by atoms with van der Waals surface area (Å²) in [6.07, 6.45) is 13.6. The van der Waals surface area contributed by atoms with Gasteiger partial charge in [-0.2, -0.15) is 0 Å². The Labute approximate surface area is 417 Å².